The molecule has 0 spiro atoms. The highest BCUT2D eigenvalue weighted by Gasteiger charge is 2.12. The molecule has 2 rings (SSSR count). The van der Waals surface area contributed by atoms with Gasteiger partial charge in [-0.1, -0.05) is 31.4 Å². The number of hydrogen-bond acceptors (Lipinski definition) is 3. The van der Waals surface area contributed by atoms with Crippen molar-refractivity contribution in [1.82, 2.24) is 5.32 Å². The monoisotopic (exact) mass is 319 g/mol. The number of carbonyl (C=O) groups is 1. The molecule has 0 radical (unpaired) electrons. The van der Waals surface area contributed by atoms with Crippen LogP contribution in [0.15, 0.2) is 30.3 Å². The van der Waals surface area contributed by atoms with Gasteiger partial charge in [-0.05, 0) is 36.6 Å². The highest BCUT2D eigenvalue weighted by atomic mass is 32.2. The van der Waals surface area contributed by atoms with Crippen molar-refractivity contribution in [2.24, 2.45) is 0 Å². The van der Waals surface area contributed by atoms with Gasteiger partial charge in [0, 0.05) is 23.6 Å². The summed E-state index contributed by atoms with van der Waals surface area (Å²) in [5.74, 6) is 1.80. The smallest absolute Gasteiger partial charge is 0.244 e. The van der Waals surface area contributed by atoms with E-state index in [0.29, 0.717) is 0 Å². The van der Waals surface area contributed by atoms with Crippen LogP contribution in [0.1, 0.15) is 37.7 Å². The number of carbonyl (C=O) groups excluding carboxylic acids is 1. The number of rotatable bonds is 7. The van der Waals surface area contributed by atoms with E-state index < -0.39 is 0 Å². The molecule has 22 heavy (non-hydrogen) atoms. The fourth-order valence-corrected chi connectivity index (χ4v) is 3.80. The van der Waals surface area contributed by atoms with Crippen LogP contribution in [0.3, 0.4) is 0 Å². The molecule has 1 saturated carbocycles. The molecule has 0 atom stereocenters. The minimum Gasteiger partial charge on any atom is -0.497 e. The summed E-state index contributed by atoms with van der Waals surface area (Å²) in [5.41, 5.74) is 0.993. The van der Waals surface area contributed by atoms with Crippen LogP contribution in [-0.4, -0.2) is 30.6 Å². The summed E-state index contributed by atoms with van der Waals surface area (Å²) in [4.78, 5) is 11.8. The van der Waals surface area contributed by atoms with E-state index in [9.17, 15) is 4.79 Å². The SMILES string of the molecule is COc1ccc(/C=C/C(=O)NCCSC2CCCCC2)cc1. The lowest BCUT2D eigenvalue weighted by Crippen LogP contribution is -2.24. The molecule has 120 valence electrons. The zero-order chi connectivity index (χ0) is 15.6. The van der Waals surface area contributed by atoms with Gasteiger partial charge in [0.1, 0.15) is 5.75 Å². The van der Waals surface area contributed by atoms with Crippen LogP contribution < -0.4 is 10.1 Å². The molecule has 1 fully saturated rings. The van der Waals surface area contributed by atoms with Crippen LogP contribution in [0.5, 0.6) is 5.75 Å². The van der Waals surface area contributed by atoms with Crippen molar-refractivity contribution in [3.63, 3.8) is 0 Å². The molecule has 0 aromatic heterocycles. The lowest BCUT2D eigenvalue weighted by molar-refractivity contribution is -0.116. The summed E-state index contributed by atoms with van der Waals surface area (Å²) in [5, 5.41) is 3.75. The summed E-state index contributed by atoms with van der Waals surface area (Å²) in [6, 6.07) is 7.64. The number of benzene rings is 1. The van der Waals surface area contributed by atoms with Gasteiger partial charge in [0.25, 0.3) is 0 Å². The first kappa shape index (κ1) is 16.9. The van der Waals surface area contributed by atoms with Gasteiger partial charge in [0.15, 0.2) is 0 Å². The van der Waals surface area contributed by atoms with Crippen LogP contribution >= 0.6 is 11.8 Å². The Morgan fingerprint density at radius 3 is 2.68 bits per heavy atom. The zero-order valence-electron chi connectivity index (χ0n) is 13.2. The van der Waals surface area contributed by atoms with Gasteiger partial charge in [-0.3, -0.25) is 4.79 Å². The van der Waals surface area contributed by atoms with E-state index in [2.05, 4.69) is 5.32 Å². The van der Waals surface area contributed by atoms with Gasteiger partial charge in [-0.25, -0.2) is 0 Å². The summed E-state index contributed by atoms with van der Waals surface area (Å²) < 4.78 is 5.10. The molecule has 0 aliphatic heterocycles. The van der Waals surface area contributed by atoms with Gasteiger partial charge >= 0.3 is 0 Å². The third-order valence-corrected chi connectivity index (χ3v) is 5.23. The Balaban J connectivity index is 1.63. The van der Waals surface area contributed by atoms with Gasteiger partial charge in [0.05, 0.1) is 7.11 Å². The van der Waals surface area contributed by atoms with Crippen molar-refractivity contribution in [2.75, 3.05) is 19.4 Å². The van der Waals surface area contributed by atoms with Gasteiger partial charge in [-0.2, -0.15) is 11.8 Å². The summed E-state index contributed by atoms with van der Waals surface area (Å²) >= 11 is 2.01. The number of thioether (sulfide) groups is 1. The third kappa shape index (κ3) is 6.14. The molecular formula is C18H25NO2S. The molecule has 4 heteroatoms. The zero-order valence-corrected chi connectivity index (χ0v) is 14.0. The Morgan fingerprint density at radius 2 is 2.00 bits per heavy atom. The predicted molar refractivity (Wildman–Crippen MR) is 94.4 cm³/mol. The van der Waals surface area contributed by atoms with E-state index in [1.54, 1.807) is 13.2 Å². The van der Waals surface area contributed by atoms with Crippen LogP contribution in [0.4, 0.5) is 0 Å². The number of methoxy groups -OCH3 is 1. The maximum atomic E-state index is 11.8. The first-order valence-corrected chi connectivity index (χ1v) is 9.04. The van der Waals surface area contributed by atoms with Crippen molar-refractivity contribution in [1.29, 1.82) is 0 Å². The molecule has 1 amide bonds. The van der Waals surface area contributed by atoms with Crippen molar-refractivity contribution in [3.05, 3.63) is 35.9 Å². The first-order valence-electron chi connectivity index (χ1n) is 7.99. The minimum absolute atomic E-state index is 0.0277. The Labute approximate surface area is 137 Å². The Kier molecular flexibility index (Phi) is 7.37. The Morgan fingerprint density at radius 1 is 1.27 bits per heavy atom. The molecule has 1 N–H and O–H groups in total. The van der Waals surface area contributed by atoms with E-state index in [4.69, 9.17) is 4.74 Å². The number of amides is 1. The van der Waals surface area contributed by atoms with Crippen LogP contribution in [0, 0.1) is 0 Å². The Bertz CT molecular complexity index is 478. The fourth-order valence-electron chi connectivity index (χ4n) is 2.58. The number of ether oxygens (including phenoxy) is 1. The van der Waals surface area contributed by atoms with Crippen LogP contribution in [-0.2, 0) is 4.79 Å². The van der Waals surface area contributed by atoms with Crippen molar-refractivity contribution in [3.8, 4) is 5.75 Å². The van der Waals surface area contributed by atoms with Crippen molar-refractivity contribution in [2.45, 2.75) is 37.4 Å². The minimum atomic E-state index is -0.0277. The second-order valence-corrected chi connectivity index (χ2v) is 6.94. The molecule has 1 aliphatic carbocycles. The van der Waals surface area contributed by atoms with E-state index in [0.717, 1.165) is 28.9 Å². The molecule has 0 bridgehead atoms. The third-order valence-electron chi connectivity index (χ3n) is 3.85. The second kappa shape index (κ2) is 9.57. The molecule has 1 aromatic carbocycles. The maximum absolute atomic E-state index is 11.8. The van der Waals surface area contributed by atoms with E-state index in [1.807, 2.05) is 42.1 Å². The lowest BCUT2D eigenvalue weighted by Gasteiger charge is -2.20. The van der Waals surface area contributed by atoms with Crippen molar-refractivity contribution >= 4 is 23.7 Å². The van der Waals surface area contributed by atoms with Crippen LogP contribution in [0.25, 0.3) is 6.08 Å². The molecular weight excluding hydrogens is 294 g/mol. The quantitative estimate of drug-likeness (QED) is 0.612. The first-order chi connectivity index (χ1) is 10.8. The average molecular weight is 319 g/mol. The predicted octanol–water partition coefficient (Wildman–Crippen LogP) is 3.89. The second-order valence-electron chi connectivity index (χ2n) is 5.53. The Hall–Kier alpha value is -1.42. The summed E-state index contributed by atoms with van der Waals surface area (Å²) in [7, 11) is 1.64. The normalized spacial score (nSPS) is 15.9. The summed E-state index contributed by atoms with van der Waals surface area (Å²) in [6.45, 7) is 0.743. The van der Waals surface area contributed by atoms with E-state index in [-0.39, 0.29) is 5.91 Å². The van der Waals surface area contributed by atoms with Crippen LogP contribution in [0.2, 0.25) is 0 Å². The van der Waals surface area contributed by atoms with Gasteiger partial charge < -0.3 is 10.1 Å². The molecule has 0 heterocycles. The highest BCUT2D eigenvalue weighted by molar-refractivity contribution is 7.99. The largest absolute Gasteiger partial charge is 0.497 e. The molecule has 1 aromatic rings. The lowest BCUT2D eigenvalue weighted by atomic mass is 10.0. The number of hydrogen-bond donors (Lipinski definition) is 1. The standard InChI is InChI=1S/C18H25NO2S/c1-21-16-10-7-15(8-11-16)9-12-18(20)19-13-14-22-17-5-3-2-4-6-17/h7-12,17H,2-6,13-14H2,1H3,(H,19,20)/b12-9+. The molecule has 0 saturated heterocycles. The highest BCUT2D eigenvalue weighted by Crippen LogP contribution is 2.27. The van der Waals surface area contributed by atoms with E-state index in [1.165, 1.54) is 32.1 Å². The van der Waals surface area contributed by atoms with Gasteiger partial charge in [0.2, 0.25) is 5.91 Å². The fraction of sp³-hybridized carbons (Fsp3) is 0.500. The van der Waals surface area contributed by atoms with Crippen molar-refractivity contribution < 1.29 is 9.53 Å². The van der Waals surface area contributed by atoms with Gasteiger partial charge in [-0.15, -0.1) is 0 Å². The number of nitrogens with one attached hydrogen (secondary N) is 1. The molecule has 3 nitrogen and oxygen atoms in total. The molecule has 0 unspecified atom stereocenters. The average Bonchev–Trinajstić information content (AvgIpc) is 2.58. The topological polar surface area (TPSA) is 38.3 Å². The van der Waals surface area contributed by atoms with E-state index >= 15 is 0 Å². The molecule has 1 aliphatic rings. The maximum Gasteiger partial charge on any atom is 0.244 e. The summed E-state index contributed by atoms with van der Waals surface area (Å²) in [6.07, 6.45) is 10.2.